The van der Waals surface area contributed by atoms with Crippen LogP contribution in [0, 0.1) is 20.8 Å². The highest BCUT2D eigenvalue weighted by atomic mass is 16.5. The third-order valence-corrected chi connectivity index (χ3v) is 3.48. The Bertz CT molecular complexity index is 575. The van der Waals surface area contributed by atoms with Gasteiger partial charge in [-0.15, -0.1) is 0 Å². The molecule has 0 radical (unpaired) electrons. The van der Waals surface area contributed by atoms with E-state index >= 15 is 0 Å². The van der Waals surface area contributed by atoms with Gasteiger partial charge in [-0.2, -0.15) is 0 Å². The summed E-state index contributed by atoms with van der Waals surface area (Å²) in [6.45, 7) is 7.44. The van der Waals surface area contributed by atoms with Crippen molar-refractivity contribution in [2.24, 2.45) is 5.73 Å². The van der Waals surface area contributed by atoms with Crippen LogP contribution in [-0.2, 0) is 13.2 Å². The van der Waals surface area contributed by atoms with Crippen LogP contribution in [0.3, 0.4) is 0 Å². The maximum absolute atomic E-state index is 5.99. The van der Waals surface area contributed by atoms with Crippen molar-refractivity contribution >= 4 is 0 Å². The van der Waals surface area contributed by atoms with Crippen molar-refractivity contribution in [3.8, 4) is 5.75 Å². The van der Waals surface area contributed by atoms with Gasteiger partial charge in [-0.3, -0.25) is 0 Å². The molecular formula is C17H21NO. The largest absolute Gasteiger partial charge is 0.488 e. The molecule has 2 aromatic carbocycles. The van der Waals surface area contributed by atoms with Crippen LogP contribution in [0.1, 0.15) is 27.8 Å². The van der Waals surface area contributed by atoms with Crippen molar-refractivity contribution in [3.63, 3.8) is 0 Å². The molecule has 0 saturated carbocycles. The molecule has 0 bridgehead atoms. The van der Waals surface area contributed by atoms with Gasteiger partial charge in [0.05, 0.1) is 0 Å². The Hall–Kier alpha value is -1.80. The summed E-state index contributed by atoms with van der Waals surface area (Å²) in [7, 11) is 0. The van der Waals surface area contributed by atoms with Crippen LogP contribution in [0.2, 0.25) is 0 Å². The Kier molecular flexibility index (Phi) is 4.23. The van der Waals surface area contributed by atoms with E-state index in [0.717, 1.165) is 16.9 Å². The summed E-state index contributed by atoms with van der Waals surface area (Å²) in [4.78, 5) is 0. The lowest BCUT2D eigenvalue weighted by Gasteiger charge is -2.14. The van der Waals surface area contributed by atoms with E-state index in [1.54, 1.807) is 0 Å². The van der Waals surface area contributed by atoms with Crippen molar-refractivity contribution in [3.05, 3.63) is 64.2 Å². The average Bonchev–Trinajstić information content (AvgIpc) is 2.43. The quantitative estimate of drug-likeness (QED) is 0.905. The SMILES string of the molecule is Cc1ccc(C)c(OCc2cccc(CN)c2)c1C. The van der Waals surface area contributed by atoms with Gasteiger partial charge >= 0.3 is 0 Å². The average molecular weight is 255 g/mol. The minimum Gasteiger partial charge on any atom is -0.488 e. The molecule has 0 unspecified atom stereocenters. The highest BCUT2D eigenvalue weighted by Crippen LogP contribution is 2.26. The molecule has 2 rings (SSSR count). The first-order valence-corrected chi connectivity index (χ1v) is 6.59. The molecule has 2 N–H and O–H groups in total. The van der Waals surface area contributed by atoms with Gasteiger partial charge in [0, 0.05) is 6.54 Å². The van der Waals surface area contributed by atoms with E-state index in [-0.39, 0.29) is 0 Å². The maximum atomic E-state index is 5.99. The van der Waals surface area contributed by atoms with E-state index < -0.39 is 0 Å². The highest BCUT2D eigenvalue weighted by Gasteiger charge is 2.06. The van der Waals surface area contributed by atoms with Crippen molar-refractivity contribution in [2.75, 3.05) is 0 Å². The van der Waals surface area contributed by atoms with Crippen LogP contribution in [0.25, 0.3) is 0 Å². The fourth-order valence-corrected chi connectivity index (χ4v) is 2.15. The Labute approximate surface area is 115 Å². The molecule has 0 aliphatic heterocycles. The zero-order chi connectivity index (χ0) is 13.8. The van der Waals surface area contributed by atoms with Crippen molar-refractivity contribution in [1.82, 2.24) is 0 Å². The molecule has 0 atom stereocenters. The van der Waals surface area contributed by atoms with Gasteiger partial charge in [-0.05, 0) is 48.6 Å². The molecule has 0 saturated heterocycles. The molecule has 0 amide bonds. The van der Waals surface area contributed by atoms with Crippen LogP contribution in [0.4, 0.5) is 0 Å². The van der Waals surface area contributed by atoms with E-state index in [2.05, 4.69) is 45.0 Å². The molecule has 19 heavy (non-hydrogen) atoms. The number of rotatable bonds is 4. The minimum atomic E-state index is 0.566. The number of hydrogen-bond acceptors (Lipinski definition) is 2. The summed E-state index contributed by atoms with van der Waals surface area (Å²) in [5, 5.41) is 0. The van der Waals surface area contributed by atoms with E-state index in [1.807, 2.05) is 12.1 Å². The van der Waals surface area contributed by atoms with Gasteiger partial charge in [0.25, 0.3) is 0 Å². The lowest BCUT2D eigenvalue weighted by Crippen LogP contribution is -2.02. The number of ether oxygens (including phenoxy) is 1. The maximum Gasteiger partial charge on any atom is 0.125 e. The zero-order valence-electron chi connectivity index (χ0n) is 11.9. The van der Waals surface area contributed by atoms with E-state index in [9.17, 15) is 0 Å². The summed E-state index contributed by atoms with van der Waals surface area (Å²) in [6.07, 6.45) is 0. The Balaban J connectivity index is 2.16. The Morgan fingerprint density at radius 1 is 0.947 bits per heavy atom. The second kappa shape index (κ2) is 5.89. The molecule has 0 heterocycles. The van der Waals surface area contributed by atoms with E-state index in [0.29, 0.717) is 13.2 Å². The number of hydrogen-bond donors (Lipinski definition) is 1. The standard InChI is InChI=1S/C17H21NO/c1-12-7-8-13(2)17(14(12)3)19-11-16-6-4-5-15(9-16)10-18/h4-9H,10-11,18H2,1-3H3. The molecule has 0 spiro atoms. The predicted octanol–water partition coefficient (Wildman–Crippen LogP) is 3.65. The van der Waals surface area contributed by atoms with Crippen molar-refractivity contribution in [2.45, 2.75) is 33.9 Å². The third-order valence-electron chi connectivity index (χ3n) is 3.48. The normalized spacial score (nSPS) is 10.5. The van der Waals surface area contributed by atoms with E-state index in [1.165, 1.54) is 16.7 Å². The Morgan fingerprint density at radius 2 is 1.63 bits per heavy atom. The molecule has 2 aromatic rings. The van der Waals surface area contributed by atoms with Crippen LogP contribution in [-0.4, -0.2) is 0 Å². The molecule has 2 nitrogen and oxygen atoms in total. The number of aryl methyl sites for hydroxylation is 2. The number of benzene rings is 2. The monoisotopic (exact) mass is 255 g/mol. The number of nitrogens with two attached hydrogens (primary N) is 1. The summed E-state index contributed by atoms with van der Waals surface area (Å²) >= 11 is 0. The zero-order valence-corrected chi connectivity index (χ0v) is 11.9. The second-order valence-electron chi connectivity index (χ2n) is 4.97. The highest BCUT2D eigenvalue weighted by molar-refractivity contribution is 5.44. The molecule has 0 aliphatic carbocycles. The van der Waals surface area contributed by atoms with Crippen LogP contribution >= 0.6 is 0 Å². The minimum absolute atomic E-state index is 0.566. The van der Waals surface area contributed by atoms with Gasteiger partial charge < -0.3 is 10.5 Å². The predicted molar refractivity (Wildman–Crippen MR) is 79.3 cm³/mol. The van der Waals surface area contributed by atoms with Gasteiger partial charge in [-0.1, -0.05) is 36.4 Å². The van der Waals surface area contributed by atoms with Crippen LogP contribution < -0.4 is 10.5 Å². The van der Waals surface area contributed by atoms with Gasteiger partial charge in [0.1, 0.15) is 12.4 Å². The van der Waals surface area contributed by atoms with Crippen LogP contribution in [0.15, 0.2) is 36.4 Å². The van der Waals surface area contributed by atoms with Crippen molar-refractivity contribution < 1.29 is 4.74 Å². The molecule has 2 heteroatoms. The van der Waals surface area contributed by atoms with E-state index in [4.69, 9.17) is 10.5 Å². The summed E-state index contributed by atoms with van der Waals surface area (Å²) in [5.74, 6) is 0.998. The molecule has 100 valence electrons. The molecule has 0 aromatic heterocycles. The molecule has 0 fully saturated rings. The summed E-state index contributed by atoms with van der Waals surface area (Å²) in [5.41, 5.74) is 11.6. The fourth-order valence-electron chi connectivity index (χ4n) is 2.15. The molecule has 0 aliphatic rings. The first-order chi connectivity index (χ1) is 9.11. The smallest absolute Gasteiger partial charge is 0.125 e. The summed E-state index contributed by atoms with van der Waals surface area (Å²) in [6, 6.07) is 12.5. The van der Waals surface area contributed by atoms with Crippen LogP contribution in [0.5, 0.6) is 5.75 Å². The topological polar surface area (TPSA) is 35.2 Å². The first kappa shape index (κ1) is 13.6. The second-order valence-corrected chi connectivity index (χ2v) is 4.97. The van der Waals surface area contributed by atoms with Gasteiger partial charge in [0.2, 0.25) is 0 Å². The fraction of sp³-hybridized carbons (Fsp3) is 0.294. The lowest BCUT2D eigenvalue weighted by molar-refractivity contribution is 0.301. The van der Waals surface area contributed by atoms with Crippen molar-refractivity contribution in [1.29, 1.82) is 0 Å². The molecular weight excluding hydrogens is 234 g/mol. The van der Waals surface area contributed by atoms with Gasteiger partial charge in [-0.25, -0.2) is 0 Å². The third kappa shape index (κ3) is 3.15. The Morgan fingerprint density at radius 3 is 2.37 bits per heavy atom. The van der Waals surface area contributed by atoms with Gasteiger partial charge in [0.15, 0.2) is 0 Å². The lowest BCUT2D eigenvalue weighted by atomic mass is 10.1. The first-order valence-electron chi connectivity index (χ1n) is 6.59. The summed E-state index contributed by atoms with van der Waals surface area (Å²) < 4.78 is 5.99.